The molecule has 2 rings (SSSR count). The third-order valence-electron chi connectivity index (χ3n) is 4.42. The zero-order chi connectivity index (χ0) is 12.3. The number of nitrogens with zero attached hydrogens (tertiary/aromatic N) is 2. The number of piperazine rings is 1. The highest BCUT2D eigenvalue weighted by molar-refractivity contribution is 4.90. The molecule has 2 unspecified atom stereocenters. The highest BCUT2D eigenvalue weighted by Gasteiger charge is 2.33. The van der Waals surface area contributed by atoms with Gasteiger partial charge in [-0.3, -0.25) is 9.80 Å². The second-order valence-electron chi connectivity index (χ2n) is 5.73. The van der Waals surface area contributed by atoms with Gasteiger partial charge in [0.05, 0.1) is 0 Å². The molecule has 2 fully saturated rings. The van der Waals surface area contributed by atoms with Crippen LogP contribution in [0.15, 0.2) is 0 Å². The molecule has 1 heterocycles. The molecular weight excluding hydrogens is 210 g/mol. The molecule has 0 radical (unpaired) electrons. The standard InChI is InChI=1S/C14H29N3/c1-3-5-13(15)14(4-2)17-10-8-16(9-11-17)12-6-7-12/h12-14H,3-11,15H2,1-2H3. The van der Waals surface area contributed by atoms with E-state index in [-0.39, 0.29) is 0 Å². The van der Waals surface area contributed by atoms with Gasteiger partial charge in [-0.1, -0.05) is 20.3 Å². The van der Waals surface area contributed by atoms with Crippen LogP contribution in [-0.4, -0.2) is 54.1 Å². The van der Waals surface area contributed by atoms with E-state index in [4.69, 9.17) is 5.73 Å². The van der Waals surface area contributed by atoms with Crippen molar-refractivity contribution in [2.24, 2.45) is 5.73 Å². The number of rotatable bonds is 6. The SMILES string of the molecule is CCCC(N)C(CC)N1CCN(C2CC2)CC1. The molecule has 2 N–H and O–H groups in total. The van der Waals surface area contributed by atoms with Crippen LogP contribution in [-0.2, 0) is 0 Å². The van der Waals surface area contributed by atoms with Crippen LogP contribution in [0.1, 0.15) is 46.0 Å². The maximum absolute atomic E-state index is 6.32. The Hall–Kier alpha value is -0.120. The van der Waals surface area contributed by atoms with Crippen LogP contribution >= 0.6 is 0 Å². The molecule has 0 aromatic heterocycles. The molecule has 100 valence electrons. The van der Waals surface area contributed by atoms with E-state index in [0.717, 1.165) is 6.04 Å². The van der Waals surface area contributed by atoms with Gasteiger partial charge in [-0.05, 0) is 25.7 Å². The van der Waals surface area contributed by atoms with Crippen molar-refractivity contribution in [3.8, 4) is 0 Å². The van der Waals surface area contributed by atoms with Crippen LogP contribution in [0.3, 0.4) is 0 Å². The van der Waals surface area contributed by atoms with E-state index in [1.54, 1.807) is 0 Å². The average Bonchev–Trinajstić information content (AvgIpc) is 3.15. The zero-order valence-electron chi connectivity index (χ0n) is 11.6. The van der Waals surface area contributed by atoms with E-state index >= 15 is 0 Å². The first kappa shape index (κ1) is 13.3. The molecule has 1 saturated carbocycles. The Balaban J connectivity index is 1.80. The Kier molecular flexibility index (Phi) is 4.83. The van der Waals surface area contributed by atoms with Gasteiger partial charge in [-0.2, -0.15) is 0 Å². The lowest BCUT2D eigenvalue weighted by atomic mass is 9.99. The Labute approximate surface area is 106 Å². The van der Waals surface area contributed by atoms with Crippen molar-refractivity contribution in [3.05, 3.63) is 0 Å². The van der Waals surface area contributed by atoms with Gasteiger partial charge in [-0.25, -0.2) is 0 Å². The predicted molar refractivity (Wildman–Crippen MR) is 73.1 cm³/mol. The third-order valence-corrected chi connectivity index (χ3v) is 4.42. The summed E-state index contributed by atoms with van der Waals surface area (Å²) in [5.41, 5.74) is 6.32. The molecular formula is C14H29N3. The molecule has 0 amide bonds. The molecule has 17 heavy (non-hydrogen) atoms. The lowest BCUT2D eigenvalue weighted by Gasteiger charge is -2.41. The Morgan fingerprint density at radius 2 is 1.76 bits per heavy atom. The first-order valence-electron chi connectivity index (χ1n) is 7.50. The Morgan fingerprint density at radius 1 is 1.12 bits per heavy atom. The van der Waals surface area contributed by atoms with E-state index in [2.05, 4.69) is 23.6 Å². The van der Waals surface area contributed by atoms with Gasteiger partial charge in [0, 0.05) is 44.3 Å². The van der Waals surface area contributed by atoms with Crippen LogP contribution in [0.5, 0.6) is 0 Å². The highest BCUT2D eigenvalue weighted by Crippen LogP contribution is 2.28. The van der Waals surface area contributed by atoms with Crippen molar-refractivity contribution >= 4 is 0 Å². The molecule has 3 nitrogen and oxygen atoms in total. The van der Waals surface area contributed by atoms with Gasteiger partial charge in [0.25, 0.3) is 0 Å². The summed E-state index contributed by atoms with van der Waals surface area (Å²) in [5, 5.41) is 0. The van der Waals surface area contributed by atoms with E-state index in [0.29, 0.717) is 12.1 Å². The molecule has 0 aromatic carbocycles. The second-order valence-corrected chi connectivity index (χ2v) is 5.73. The van der Waals surface area contributed by atoms with E-state index in [1.165, 1.54) is 58.3 Å². The van der Waals surface area contributed by atoms with Gasteiger partial charge < -0.3 is 5.73 Å². The van der Waals surface area contributed by atoms with Crippen LogP contribution in [0, 0.1) is 0 Å². The maximum atomic E-state index is 6.32. The minimum Gasteiger partial charge on any atom is -0.326 e. The van der Waals surface area contributed by atoms with Crippen molar-refractivity contribution in [2.75, 3.05) is 26.2 Å². The van der Waals surface area contributed by atoms with Gasteiger partial charge >= 0.3 is 0 Å². The predicted octanol–water partition coefficient (Wildman–Crippen LogP) is 1.67. The molecule has 2 aliphatic rings. The molecule has 1 saturated heterocycles. The van der Waals surface area contributed by atoms with Crippen LogP contribution in [0.2, 0.25) is 0 Å². The first-order chi connectivity index (χ1) is 8.26. The smallest absolute Gasteiger partial charge is 0.0245 e. The minimum absolute atomic E-state index is 0.373. The fourth-order valence-electron chi connectivity index (χ4n) is 3.23. The maximum Gasteiger partial charge on any atom is 0.0245 e. The van der Waals surface area contributed by atoms with Crippen molar-refractivity contribution in [2.45, 2.75) is 64.1 Å². The Morgan fingerprint density at radius 3 is 2.24 bits per heavy atom. The van der Waals surface area contributed by atoms with Crippen molar-refractivity contribution in [1.82, 2.24) is 9.80 Å². The molecule has 2 atom stereocenters. The fraction of sp³-hybridized carbons (Fsp3) is 1.00. The van der Waals surface area contributed by atoms with Crippen LogP contribution in [0.4, 0.5) is 0 Å². The van der Waals surface area contributed by atoms with Crippen molar-refractivity contribution in [1.29, 1.82) is 0 Å². The summed E-state index contributed by atoms with van der Waals surface area (Å²) in [7, 11) is 0. The largest absolute Gasteiger partial charge is 0.326 e. The van der Waals surface area contributed by atoms with Crippen molar-refractivity contribution in [3.63, 3.8) is 0 Å². The Bertz CT molecular complexity index is 220. The normalized spacial score (nSPS) is 27.0. The third kappa shape index (κ3) is 3.43. The van der Waals surface area contributed by atoms with Crippen LogP contribution in [0.25, 0.3) is 0 Å². The summed E-state index contributed by atoms with van der Waals surface area (Å²) in [6.07, 6.45) is 6.45. The molecule has 0 spiro atoms. The summed E-state index contributed by atoms with van der Waals surface area (Å²) >= 11 is 0. The average molecular weight is 239 g/mol. The highest BCUT2D eigenvalue weighted by atomic mass is 15.3. The molecule has 3 heteroatoms. The topological polar surface area (TPSA) is 32.5 Å². The second kappa shape index (κ2) is 6.17. The van der Waals surface area contributed by atoms with Gasteiger partial charge in [0.1, 0.15) is 0 Å². The summed E-state index contributed by atoms with van der Waals surface area (Å²) in [4.78, 5) is 5.31. The van der Waals surface area contributed by atoms with Crippen LogP contribution < -0.4 is 5.73 Å². The van der Waals surface area contributed by atoms with Gasteiger partial charge in [0.15, 0.2) is 0 Å². The van der Waals surface area contributed by atoms with Gasteiger partial charge in [-0.15, -0.1) is 0 Å². The fourth-order valence-corrected chi connectivity index (χ4v) is 3.23. The lowest BCUT2D eigenvalue weighted by molar-refractivity contribution is 0.0772. The summed E-state index contributed by atoms with van der Waals surface area (Å²) in [6, 6.07) is 1.91. The van der Waals surface area contributed by atoms with Crippen molar-refractivity contribution < 1.29 is 0 Å². The summed E-state index contributed by atoms with van der Waals surface area (Å²) in [6.45, 7) is 9.50. The van der Waals surface area contributed by atoms with E-state index in [9.17, 15) is 0 Å². The first-order valence-corrected chi connectivity index (χ1v) is 7.50. The lowest BCUT2D eigenvalue weighted by Crippen LogP contribution is -2.55. The molecule has 0 bridgehead atoms. The molecule has 0 aromatic rings. The van der Waals surface area contributed by atoms with E-state index in [1.807, 2.05) is 0 Å². The zero-order valence-corrected chi connectivity index (χ0v) is 11.6. The number of hydrogen-bond donors (Lipinski definition) is 1. The molecule has 1 aliphatic carbocycles. The number of hydrogen-bond acceptors (Lipinski definition) is 3. The quantitative estimate of drug-likeness (QED) is 0.765. The summed E-state index contributed by atoms with van der Waals surface area (Å²) < 4.78 is 0. The minimum atomic E-state index is 0.373. The van der Waals surface area contributed by atoms with Gasteiger partial charge in [0.2, 0.25) is 0 Å². The van der Waals surface area contributed by atoms with E-state index < -0.39 is 0 Å². The summed E-state index contributed by atoms with van der Waals surface area (Å²) in [5.74, 6) is 0. The monoisotopic (exact) mass is 239 g/mol. The number of nitrogens with two attached hydrogens (primary N) is 1. The molecule has 1 aliphatic heterocycles.